The van der Waals surface area contributed by atoms with E-state index in [0.29, 0.717) is 15.8 Å². The van der Waals surface area contributed by atoms with Crippen molar-refractivity contribution in [1.29, 1.82) is 0 Å². The molecule has 0 aliphatic carbocycles. The van der Waals surface area contributed by atoms with Crippen LogP contribution in [-0.4, -0.2) is 47.0 Å². The van der Waals surface area contributed by atoms with Gasteiger partial charge in [-0.25, -0.2) is 4.79 Å². The molecule has 2 rings (SSSR count). The number of nitrogens with one attached hydrogen (secondary N) is 1. The van der Waals surface area contributed by atoms with E-state index < -0.39 is 11.7 Å². The lowest BCUT2D eigenvalue weighted by Crippen LogP contribution is -2.39. The first-order chi connectivity index (χ1) is 12.2. The highest BCUT2D eigenvalue weighted by Gasteiger charge is 2.31. The largest absolute Gasteiger partial charge is 0.497 e. The molecule has 1 saturated heterocycles. The highest BCUT2D eigenvalue weighted by Crippen LogP contribution is 2.32. The Balaban J connectivity index is 1.93. The van der Waals surface area contributed by atoms with E-state index >= 15 is 0 Å². The van der Waals surface area contributed by atoms with Crippen LogP contribution in [0.5, 0.6) is 5.75 Å². The number of methoxy groups -OCH3 is 1. The molecule has 26 heavy (non-hydrogen) atoms. The molecule has 0 aromatic heterocycles. The average molecular weight is 395 g/mol. The first-order valence-corrected chi connectivity index (χ1v) is 9.28. The van der Waals surface area contributed by atoms with Crippen molar-refractivity contribution in [2.24, 2.45) is 0 Å². The number of thioether (sulfide) groups is 1. The zero-order valence-electron chi connectivity index (χ0n) is 15.2. The third-order valence-electron chi connectivity index (χ3n) is 3.29. The number of thiocarbonyl (C=S) groups is 1. The van der Waals surface area contributed by atoms with E-state index in [1.165, 1.54) is 16.7 Å². The number of benzene rings is 1. The summed E-state index contributed by atoms with van der Waals surface area (Å²) >= 11 is 6.53. The van der Waals surface area contributed by atoms with Gasteiger partial charge >= 0.3 is 6.09 Å². The second kappa shape index (κ2) is 8.55. The monoisotopic (exact) mass is 394 g/mol. The maximum Gasteiger partial charge on any atom is 0.407 e. The molecule has 0 radical (unpaired) electrons. The van der Waals surface area contributed by atoms with E-state index in [4.69, 9.17) is 21.7 Å². The third kappa shape index (κ3) is 5.74. The molecule has 2 amide bonds. The van der Waals surface area contributed by atoms with E-state index in [2.05, 4.69) is 5.32 Å². The number of carbonyl (C=O) groups is 2. The number of hydrogen-bond donors (Lipinski definition) is 1. The maximum atomic E-state index is 12.5. The summed E-state index contributed by atoms with van der Waals surface area (Å²) in [5.74, 6) is 0.588. The molecule has 1 N–H and O–H groups in total. The number of hydrogen-bond acceptors (Lipinski definition) is 6. The standard InChI is InChI=1S/C18H22N2O4S2/c1-18(2,3)24-16(22)19-9-10-20-15(21)14(26-17(20)25)11-12-5-7-13(23-4)8-6-12/h5-8,11H,9-10H2,1-4H3,(H,19,22)/b14-11-. The van der Waals surface area contributed by atoms with Crippen molar-refractivity contribution in [2.75, 3.05) is 20.2 Å². The van der Waals surface area contributed by atoms with Crippen LogP contribution in [0.2, 0.25) is 0 Å². The highest BCUT2D eigenvalue weighted by molar-refractivity contribution is 8.26. The molecule has 0 saturated carbocycles. The summed E-state index contributed by atoms with van der Waals surface area (Å²) < 4.78 is 10.8. The summed E-state index contributed by atoms with van der Waals surface area (Å²) in [5.41, 5.74) is 0.325. The lowest BCUT2D eigenvalue weighted by Gasteiger charge is -2.20. The van der Waals surface area contributed by atoms with E-state index in [1.807, 2.05) is 24.3 Å². The molecule has 1 aliphatic heterocycles. The number of nitrogens with zero attached hydrogens (tertiary/aromatic N) is 1. The summed E-state index contributed by atoms with van der Waals surface area (Å²) in [7, 11) is 1.60. The molecule has 8 heteroatoms. The Bertz CT molecular complexity index is 724. The molecule has 1 aromatic carbocycles. The van der Waals surface area contributed by atoms with Gasteiger partial charge in [0.1, 0.15) is 15.7 Å². The van der Waals surface area contributed by atoms with E-state index in [0.717, 1.165) is 11.3 Å². The SMILES string of the molecule is COc1ccc(/C=C2\SC(=S)N(CCNC(=O)OC(C)(C)C)C2=O)cc1. The van der Waals surface area contributed by atoms with Crippen LogP contribution in [0.3, 0.4) is 0 Å². The van der Waals surface area contributed by atoms with Crippen LogP contribution in [-0.2, 0) is 9.53 Å². The van der Waals surface area contributed by atoms with Gasteiger partial charge < -0.3 is 14.8 Å². The van der Waals surface area contributed by atoms with Gasteiger partial charge in [-0.3, -0.25) is 9.69 Å². The Morgan fingerprint density at radius 3 is 2.54 bits per heavy atom. The minimum absolute atomic E-state index is 0.165. The van der Waals surface area contributed by atoms with Crippen molar-refractivity contribution in [2.45, 2.75) is 26.4 Å². The van der Waals surface area contributed by atoms with Crippen molar-refractivity contribution in [1.82, 2.24) is 10.2 Å². The maximum absolute atomic E-state index is 12.5. The normalized spacial score (nSPS) is 16.2. The number of carbonyl (C=O) groups excluding carboxylic acids is 2. The number of rotatable bonds is 5. The zero-order valence-corrected chi connectivity index (χ0v) is 16.8. The zero-order chi connectivity index (χ0) is 19.3. The molecule has 0 unspecified atom stereocenters. The second-order valence-electron chi connectivity index (χ2n) is 6.54. The third-order valence-corrected chi connectivity index (χ3v) is 4.67. The molecule has 0 bridgehead atoms. The van der Waals surface area contributed by atoms with Gasteiger partial charge in [-0.1, -0.05) is 36.1 Å². The second-order valence-corrected chi connectivity index (χ2v) is 8.21. The van der Waals surface area contributed by atoms with Crippen LogP contribution in [0.4, 0.5) is 4.79 Å². The molecule has 6 nitrogen and oxygen atoms in total. The summed E-state index contributed by atoms with van der Waals surface area (Å²) in [6.07, 6.45) is 1.27. The summed E-state index contributed by atoms with van der Waals surface area (Å²) in [4.78, 5) is 26.2. The fraction of sp³-hybridized carbons (Fsp3) is 0.389. The fourth-order valence-corrected chi connectivity index (χ4v) is 3.44. The number of amides is 2. The van der Waals surface area contributed by atoms with E-state index in [1.54, 1.807) is 34.0 Å². The Labute approximate surface area is 162 Å². The van der Waals surface area contributed by atoms with Gasteiger partial charge in [0, 0.05) is 13.1 Å². The van der Waals surface area contributed by atoms with E-state index in [-0.39, 0.29) is 12.5 Å². The predicted octanol–water partition coefficient (Wildman–Crippen LogP) is 3.42. The molecule has 1 heterocycles. The summed E-state index contributed by atoms with van der Waals surface area (Å²) in [6, 6.07) is 7.40. The first-order valence-electron chi connectivity index (χ1n) is 8.06. The van der Waals surface area contributed by atoms with Crippen molar-refractivity contribution in [3.05, 3.63) is 34.7 Å². The number of ether oxygens (including phenoxy) is 2. The topological polar surface area (TPSA) is 67.9 Å². The lowest BCUT2D eigenvalue weighted by molar-refractivity contribution is -0.122. The van der Waals surface area contributed by atoms with Crippen molar-refractivity contribution >= 4 is 46.4 Å². The van der Waals surface area contributed by atoms with Crippen molar-refractivity contribution < 1.29 is 19.1 Å². The van der Waals surface area contributed by atoms with Gasteiger partial charge in [-0.15, -0.1) is 0 Å². The van der Waals surface area contributed by atoms with Gasteiger partial charge in [-0.05, 0) is 44.5 Å². The van der Waals surface area contributed by atoms with Crippen LogP contribution in [0, 0.1) is 0 Å². The van der Waals surface area contributed by atoms with Crippen molar-refractivity contribution in [3.8, 4) is 5.75 Å². The summed E-state index contributed by atoms with van der Waals surface area (Å²) in [5, 5.41) is 2.63. The number of alkyl carbamates (subject to hydrolysis) is 1. The van der Waals surface area contributed by atoms with Crippen LogP contribution in [0.15, 0.2) is 29.2 Å². The Kier molecular flexibility index (Phi) is 6.66. The predicted molar refractivity (Wildman–Crippen MR) is 107 cm³/mol. The molecular formula is C18H22N2O4S2. The van der Waals surface area contributed by atoms with Gasteiger partial charge in [0.25, 0.3) is 5.91 Å². The minimum Gasteiger partial charge on any atom is -0.497 e. The van der Waals surface area contributed by atoms with Crippen molar-refractivity contribution in [3.63, 3.8) is 0 Å². The minimum atomic E-state index is -0.563. The fourth-order valence-electron chi connectivity index (χ4n) is 2.13. The molecule has 0 spiro atoms. The van der Waals surface area contributed by atoms with Gasteiger partial charge in [0.15, 0.2) is 0 Å². The molecule has 140 valence electrons. The van der Waals surface area contributed by atoms with Crippen LogP contribution < -0.4 is 10.1 Å². The lowest BCUT2D eigenvalue weighted by atomic mass is 10.2. The van der Waals surface area contributed by atoms with Crippen LogP contribution in [0.1, 0.15) is 26.3 Å². The molecular weight excluding hydrogens is 372 g/mol. The van der Waals surface area contributed by atoms with Gasteiger partial charge in [0.05, 0.1) is 12.0 Å². The molecule has 1 aromatic rings. The molecule has 1 aliphatic rings. The molecule has 1 fully saturated rings. The van der Waals surface area contributed by atoms with Gasteiger partial charge in [-0.2, -0.15) is 0 Å². The quantitative estimate of drug-likeness (QED) is 0.610. The van der Waals surface area contributed by atoms with Crippen LogP contribution >= 0.6 is 24.0 Å². The van der Waals surface area contributed by atoms with Gasteiger partial charge in [0.2, 0.25) is 0 Å². The highest BCUT2D eigenvalue weighted by atomic mass is 32.2. The molecule has 0 atom stereocenters. The Hall–Kier alpha value is -2.06. The average Bonchev–Trinajstić information content (AvgIpc) is 2.81. The Morgan fingerprint density at radius 2 is 1.96 bits per heavy atom. The van der Waals surface area contributed by atoms with Crippen LogP contribution in [0.25, 0.3) is 6.08 Å². The van der Waals surface area contributed by atoms with E-state index in [9.17, 15) is 9.59 Å². The Morgan fingerprint density at radius 1 is 1.31 bits per heavy atom. The first kappa shape index (κ1) is 20.3. The summed E-state index contributed by atoms with van der Waals surface area (Å²) in [6.45, 7) is 5.93. The smallest absolute Gasteiger partial charge is 0.407 e.